The van der Waals surface area contributed by atoms with E-state index in [1.165, 1.54) is 25.7 Å². The van der Waals surface area contributed by atoms with E-state index in [0.29, 0.717) is 18.3 Å². The molecule has 0 saturated heterocycles. The van der Waals surface area contributed by atoms with Gasteiger partial charge in [-0.3, -0.25) is 10.2 Å². The molecule has 19 heavy (non-hydrogen) atoms. The fraction of sp³-hybridized carbons (Fsp3) is 0.571. The number of aromatic nitrogens is 2. The highest BCUT2D eigenvalue weighted by Crippen LogP contribution is 2.36. The number of nitrogens with one attached hydrogen (secondary N) is 2. The molecule has 1 fully saturated rings. The van der Waals surface area contributed by atoms with E-state index in [2.05, 4.69) is 21.9 Å². The lowest BCUT2D eigenvalue weighted by Crippen LogP contribution is -2.37. The number of carbonyl (C=O) groups excluding carboxylic acids is 1. The van der Waals surface area contributed by atoms with Crippen LogP contribution >= 0.6 is 0 Å². The van der Waals surface area contributed by atoms with Crippen molar-refractivity contribution < 1.29 is 4.79 Å². The quantitative estimate of drug-likeness (QED) is 0.876. The number of rotatable bonds is 3. The molecule has 2 aliphatic rings. The molecule has 0 bridgehead atoms. The van der Waals surface area contributed by atoms with Gasteiger partial charge in [0.1, 0.15) is 11.5 Å². The minimum Gasteiger partial charge on any atom is -0.339 e. The number of hydrogen-bond acceptors (Lipinski definition) is 2. The summed E-state index contributed by atoms with van der Waals surface area (Å²) >= 11 is 0. The maximum absolute atomic E-state index is 12.0. The number of aromatic amines is 1. The van der Waals surface area contributed by atoms with Crippen molar-refractivity contribution >= 4 is 17.5 Å². The topological polar surface area (TPSA) is 61.0 Å². The summed E-state index contributed by atoms with van der Waals surface area (Å²) < 4.78 is 0. The molecule has 0 unspecified atom stereocenters. The number of fused-ring (bicyclic) bond motifs is 1. The minimum atomic E-state index is -0.121. The Morgan fingerprint density at radius 2 is 2.16 bits per heavy atom. The molecular formula is C14H20N4O. The summed E-state index contributed by atoms with van der Waals surface area (Å²) in [4.78, 5) is 21.6. The molecule has 0 spiro atoms. The zero-order valence-electron chi connectivity index (χ0n) is 11.3. The van der Waals surface area contributed by atoms with Crippen LogP contribution in [-0.2, 0) is 0 Å². The highest BCUT2D eigenvalue weighted by molar-refractivity contribution is 6.00. The van der Waals surface area contributed by atoms with Gasteiger partial charge in [-0.2, -0.15) is 0 Å². The monoisotopic (exact) mass is 260 g/mol. The third-order valence-electron chi connectivity index (χ3n) is 4.00. The van der Waals surface area contributed by atoms with Gasteiger partial charge in [0.2, 0.25) is 0 Å². The van der Waals surface area contributed by atoms with Crippen molar-refractivity contribution in [2.24, 2.45) is 0 Å². The molecule has 1 aromatic rings. The number of urea groups is 1. The highest BCUT2D eigenvalue weighted by Gasteiger charge is 2.30. The minimum absolute atomic E-state index is 0.121. The standard InChI is InChI=1S/C14H20N4O/c1-3-8-18-9(2)11-13(17-14(18)19)16-12(15-11)10-6-4-5-7-10/h10H,2-8H2,1H3,(H,15,16)(H,17,19). The first-order valence-electron chi connectivity index (χ1n) is 7.08. The number of imidazole rings is 1. The average Bonchev–Trinajstić information content (AvgIpc) is 3.02. The largest absolute Gasteiger partial charge is 0.339 e. The van der Waals surface area contributed by atoms with Gasteiger partial charge in [0, 0.05) is 12.5 Å². The second kappa shape index (κ2) is 4.72. The summed E-state index contributed by atoms with van der Waals surface area (Å²) in [6.07, 6.45) is 5.82. The van der Waals surface area contributed by atoms with Crippen LogP contribution < -0.4 is 5.32 Å². The second-order valence-electron chi connectivity index (χ2n) is 5.36. The SMILES string of the molecule is C=C1c2[nH]c(C3CCCC3)nc2NC(=O)N1CCC. The molecule has 2 heterocycles. The Bertz CT molecular complexity index is 514. The second-order valence-corrected chi connectivity index (χ2v) is 5.36. The predicted octanol–water partition coefficient (Wildman–Crippen LogP) is 3.30. The first kappa shape index (κ1) is 12.3. The van der Waals surface area contributed by atoms with Gasteiger partial charge in [0.15, 0.2) is 5.82 Å². The van der Waals surface area contributed by atoms with Crippen molar-refractivity contribution in [2.45, 2.75) is 44.9 Å². The molecule has 1 aromatic heterocycles. The summed E-state index contributed by atoms with van der Waals surface area (Å²) in [5.41, 5.74) is 1.60. The predicted molar refractivity (Wildman–Crippen MR) is 74.8 cm³/mol. The summed E-state index contributed by atoms with van der Waals surface area (Å²) in [7, 11) is 0. The van der Waals surface area contributed by atoms with Crippen molar-refractivity contribution in [1.82, 2.24) is 14.9 Å². The molecule has 2 N–H and O–H groups in total. The van der Waals surface area contributed by atoms with Crippen molar-refractivity contribution in [3.8, 4) is 0 Å². The van der Waals surface area contributed by atoms with Crippen LogP contribution in [0.1, 0.15) is 56.5 Å². The average molecular weight is 260 g/mol. The molecule has 0 radical (unpaired) electrons. The molecule has 1 aliphatic carbocycles. The Morgan fingerprint density at radius 3 is 2.84 bits per heavy atom. The van der Waals surface area contributed by atoms with E-state index in [4.69, 9.17) is 0 Å². The lowest BCUT2D eigenvalue weighted by Gasteiger charge is -2.28. The van der Waals surface area contributed by atoms with Gasteiger partial charge >= 0.3 is 6.03 Å². The highest BCUT2D eigenvalue weighted by atomic mass is 16.2. The van der Waals surface area contributed by atoms with Gasteiger partial charge < -0.3 is 4.98 Å². The first-order valence-corrected chi connectivity index (χ1v) is 7.08. The third-order valence-corrected chi connectivity index (χ3v) is 4.00. The lowest BCUT2D eigenvalue weighted by atomic mass is 10.1. The van der Waals surface area contributed by atoms with Crippen LogP contribution in [0.25, 0.3) is 5.70 Å². The van der Waals surface area contributed by atoms with Crippen LogP contribution in [0, 0.1) is 0 Å². The summed E-state index contributed by atoms with van der Waals surface area (Å²) in [5.74, 6) is 2.15. The van der Waals surface area contributed by atoms with Gasteiger partial charge in [-0.25, -0.2) is 9.78 Å². The molecule has 3 rings (SSSR count). The molecule has 2 amide bonds. The van der Waals surface area contributed by atoms with Gasteiger partial charge in [-0.15, -0.1) is 0 Å². The maximum atomic E-state index is 12.0. The van der Waals surface area contributed by atoms with Crippen LogP contribution in [0.2, 0.25) is 0 Å². The van der Waals surface area contributed by atoms with Gasteiger partial charge in [-0.05, 0) is 19.3 Å². The van der Waals surface area contributed by atoms with Crippen molar-refractivity contribution in [3.05, 3.63) is 18.1 Å². The normalized spacial score (nSPS) is 19.7. The fourth-order valence-electron chi connectivity index (χ4n) is 2.97. The van der Waals surface area contributed by atoms with Crippen LogP contribution in [0.5, 0.6) is 0 Å². The van der Waals surface area contributed by atoms with Crippen LogP contribution in [0.3, 0.4) is 0 Å². The smallest absolute Gasteiger partial charge is 0.327 e. The van der Waals surface area contributed by atoms with Crippen LogP contribution in [0.15, 0.2) is 6.58 Å². The van der Waals surface area contributed by atoms with Crippen LogP contribution in [0.4, 0.5) is 10.6 Å². The van der Waals surface area contributed by atoms with E-state index < -0.39 is 0 Å². The first-order chi connectivity index (χ1) is 9.20. The Labute approximate surface area is 113 Å². The maximum Gasteiger partial charge on any atom is 0.327 e. The number of amides is 2. The van der Waals surface area contributed by atoms with E-state index in [1.807, 2.05) is 6.92 Å². The van der Waals surface area contributed by atoms with Crippen molar-refractivity contribution in [3.63, 3.8) is 0 Å². The molecule has 0 aromatic carbocycles. The number of carbonyl (C=O) groups is 1. The number of nitrogens with zero attached hydrogens (tertiary/aromatic N) is 2. The molecule has 102 valence electrons. The van der Waals surface area contributed by atoms with E-state index in [1.54, 1.807) is 4.90 Å². The molecule has 5 heteroatoms. The molecule has 5 nitrogen and oxygen atoms in total. The van der Waals surface area contributed by atoms with Crippen molar-refractivity contribution in [2.75, 3.05) is 11.9 Å². The molecule has 1 saturated carbocycles. The molecule has 0 atom stereocenters. The zero-order chi connectivity index (χ0) is 13.4. The summed E-state index contributed by atoms with van der Waals surface area (Å²) in [6, 6.07) is -0.121. The summed E-state index contributed by atoms with van der Waals surface area (Å²) in [6.45, 7) is 6.77. The van der Waals surface area contributed by atoms with E-state index in [0.717, 1.165) is 23.6 Å². The third kappa shape index (κ3) is 2.03. The van der Waals surface area contributed by atoms with E-state index in [9.17, 15) is 4.79 Å². The Morgan fingerprint density at radius 1 is 1.42 bits per heavy atom. The Balaban J connectivity index is 1.90. The van der Waals surface area contributed by atoms with E-state index in [-0.39, 0.29) is 6.03 Å². The zero-order valence-corrected chi connectivity index (χ0v) is 11.3. The number of H-pyrrole nitrogens is 1. The van der Waals surface area contributed by atoms with Gasteiger partial charge in [0.25, 0.3) is 0 Å². The number of hydrogen-bond donors (Lipinski definition) is 2. The fourth-order valence-corrected chi connectivity index (χ4v) is 2.97. The number of anilines is 1. The lowest BCUT2D eigenvalue weighted by molar-refractivity contribution is 0.230. The van der Waals surface area contributed by atoms with Gasteiger partial charge in [0.05, 0.1) is 5.70 Å². The summed E-state index contributed by atoms with van der Waals surface area (Å²) in [5, 5.41) is 2.85. The van der Waals surface area contributed by atoms with E-state index >= 15 is 0 Å². The van der Waals surface area contributed by atoms with Gasteiger partial charge in [-0.1, -0.05) is 26.3 Å². The van der Waals surface area contributed by atoms with Crippen molar-refractivity contribution in [1.29, 1.82) is 0 Å². The molecular weight excluding hydrogens is 240 g/mol. The Hall–Kier alpha value is -1.78. The van der Waals surface area contributed by atoms with Crippen LogP contribution in [-0.4, -0.2) is 27.4 Å². The molecule has 1 aliphatic heterocycles. The Kier molecular flexibility index (Phi) is 3.05.